The van der Waals surface area contributed by atoms with Gasteiger partial charge in [-0.1, -0.05) is 12.1 Å². The summed E-state index contributed by atoms with van der Waals surface area (Å²) in [5.41, 5.74) is 2.43. The van der Waals surface area contributed by atoms with E-state index < -0.39 is 11.8 Å². The normalized spacial score (nSPS) is 13.0. The van der Waals surface area contributed by atoms with E-state index in [0.29, 0.717) is 24.2 Å². The molecule has 2 aromatic carbocycles. The standard InChI is InChI=1S/C20H19FN2O4/c1-12(24)22-16-4-2-3-13(7-16)8-19(25)23-6-5-14-9-17(20(26)27)18(21)10-15(14)11-23/h2-4,7,9-10H,5-6,8,11H2,1H3,(H,22,24)(H,26,27). The lowest BCUT2D eigenvalue weighted by Crippen LogP contribution is -2.37. The summed E-state index contributed by atoms with van der Waals surface area (Å²) in [6.45, 7) is 2.11. The molecule has 6 nitrogen and oxygen atoms in total. The highest BCUT2D eigenvalue weighted by Crippen LogP contribution is 2.23. The van der Waals surface area contributed by atoms with Gasteiger partial charge in [0.05, 0.1) is 12.0 Å². The van der Waals surface area contributed by atoms with Crippen molar-refractivity contribution < 1.29 is 23.9 Å². The van der Waals surface area contributed by atoms with Crippen LogP contribution in [0.5, 0.6) is 0 Å². The summed E-state index contributed by atoms with van der Waals surface area (Å²) in [4.78, 5) is 36.5. The van der Waals surface area contributed by atoms with Gasteiger partial charge in [-0.15, -0.1) is 0 Å². The topological polar surface area (TPSA) is 86.7 Å². The Morgan fingerprint density at radius 2 is 1.96 bits per heavy atom. The lowest BCUT2D eigenvalue weighted by atomic mass is 9.96. The van der Waals surface area contributed by atoms with Gasteiger partial charge in [-0.05, 0) is 47.4 Å². The van der Waals surface area contributed by atoms with Crippen molar-refractivity contribution in [3.63, 3.8) is 0 Å². The van der Waals surface area contributed by atoms with E-state index in [1.165, 1.54) is 19.1 Å². The SMILES string of the molecule is CC(=O)Nc1cccc(CC(=O)N2CCc3cc(C(=O)O)c(F)cc3C2)c1. The fraction of sp³-hybridized carbons (Fsp3) is 0.250. The van der Waals surface area contributed by atoms with Crippen molar-refractivity contribution in [1.29, 1.82) is 0 Å². The molecule has 7 heteroatoms. The molecule has 0 aliphatic carbocycles. The molecule has 3 rings (SSSR count). The number of nitrogens with zero attached hydrogens (tertiary/aromatic N) is 1. The van der Waals surface area contributed by atoms with Gasteiger partial charge >= 0.3 is 5.97 Å². The predicted molar refractivity (Wildman–Crippen MR) is 96.9 cm³/mol. The van der Waals surface area contributed by atoms with E-state index in [1.807, 2.05) is 0 Å². The number of hydrogen-bond donors (Lipinski definition) is 2. The second kappa shape index (κ2) is 7.57. The van der Waals surface area contributed by atoms with Crippen LogP contribution in [0.3, 0.4) is 0 Å². The van der Waals surface area contributed by atoms with Gasteiger partial charge in [0.2, 0.25) is 11.8 Å². The summed E-state index contributed by atoms with van der Waals surface area (Å²) in [6.07, 6.45) is 0.645. The Kier molecular flexibility index (Phi) is 5.21. The number of nitrogens with one attached hydrogen (secondary N) is 1. The van der Waals surface area contributed by atoms with Crippen molar-refractivity contribution >= 4 is 23.5 Å². The molecule has 0 radical (unpaired) electrons. The number of hydrogen-bond acceptors (Lipinski definition) is 3. The number of rotatable bonds is 4. The van der Waals surface area contributed by atoms with E-state index in [1.54, 1.807) is 29.2 Å². The van der Waals surface area contributed by atoms with Gasteiger partial charge in [-0.2, -0.15) is 0 Å². The first-order valence-electron chi connectivity index (χ1n) is 8.52. The number of carboxylic acid groups (broad SMARTS) is 1. The summed E-state index contributed by atoms with van der Waals surface area (Å²) < 4.78 is 13.9. The summed E-state index contributed by atoms with van der Waals surface area (Å²) in [7, 11) is 0. The highest BCUT2D eigenvalue weighted by Gasteiger charge is 2.23. The highest BCUT2D eigenvalue weighted by atomic mass is 19.1. The van der Waals surface area contributed by atoms with E-state index in [-0.39, 0.29) is 30.3 Å². The van der Waals surface area contributed by atoms with Crippen LogP contribution in [0.15, 0.2) is 36.4 Å². The van der Waals surface area contributed by atoms with Gasteiger partial charge in [0.1, 0.15) is 5.82 Å². The first-order valence-corrected chi connectivity index (χ1v) is 8.52. The molecule has 2 N–H and O–H groups in total. The van der Waals surface area contributed by atoms with Crippen molar-refractivity contribution in [2.75, 3.05) is 11.9 Å². The minimum Gasteiger partial charge on any atom is -0.478 e. The number of benzene rings is 2. The quantitative estimate of drug-likeness (QED) is 0.866. The molecule has 0 atom stereocenters. The third-order valence-corrected chi connectivity index (χ3v) is 4.49. The van der Waals surface area contributed by atoms with Crippen LogP contribution in [-0.2, 0) is 29.0 Å². The zero-order valence-electron chi connectivity index (χ0n) is 14.8. The summed E-state index contributed by atoms with van der Waals surface area (Å²) in [6, 6.07) is 9.62. The van der Waals surface area contributed by atoms with Crippen LogP contribution in [0.4, 0.5) is 10.1 Å². The summed E-state index contributed by atoms with van der Waals surface area (Å²) >= 11 is 0. The number of carbonyl (C=O) groups excluding carboxylic acids is 2. The van der Waals surface area contributed by atoms with Crippen LogP contribution in [-0.4, -0.2) is 34.3 Å². The molecular weight excluding hydrogens is 351 g/mol. The number of halogens is 1. The van der Waals surface area contributed by atoms with Gasteiger partial charge in [-0.25, -0.2) is 9.18 Å². The lowest BCUT2D eigenvalue weighted by molar-refractivity contribution is -0.131. The van der Waals surface area contributed by atoms with Crippen molar-refractivity contribution in [3.05, 3.63) is 64.5 Å². The second-order valence-corrected chi connectivity index (χ2v) is 6.53. The zero-order chi connectivity index (χ0) is 19.6. The van der Waals surface area contributed by atoms with Gasteiger partial charge in [0, 0.05) is 25.7 Å². The number of amides is 2. The number of carboxylic acids is 1. The number of anilines is 1. The van der Waals surface area contributed by atoms with Crippen molar-refractivity contribution in [2.45, 2.75) is 26.3 Å². The monoisotopic (exact) mass is 370 g/mol. The molecule has 0 unspecified atom stereocenters. The lowest BCUT2D eigenvalue weighted by Gasteiger charge is -2.29. The van der Waals surface area contributed by atoms with Gasteiger partial charge in [-0.3, -0.25) is 9.59 Å². The van der Waals surface area contributed by atoms with Crippen LogP contribution >= 0.6 is 0 Å². The molecule has 1 aliphatic rings. The zero-order valence-corrected chi connectivity index (χ0v) is 14.8. The Morgan fingerprint density at radius 3 is 2.67 bits per heavy atom. The summed E-state index contributed by atoms with van der Waals surface area (Å²) in [5, 5.41) is 11.7. The van der Waals surface area contributed by atoms with E-state index in [2.05, 4.69) is 5.32 Å². The van der Waals surface area contributed by atoms with Gasteiger partial charge in [0.15, 0.2) is 0 Å². The van der Waals surface area contributed by atoms with Crippen molar-refractivity contribution in [1.82, 2.24) is 4.90 Å². The minimum absolute atomic E-state index is 0.108. The fourth-order valence-corrected chi connectivity index (χ4v) is 3.20. The van der Waals surface area contributed by atoms with Crippen LogP contribution in [0, 0.1) is 5.82 Å². The highest BCUT2D eigenvalue weighted by molar-refractivity contribution is 5.89. The maximum absolute atomic E-state index is 13.9. The molecule has 0 saturated carbocycles. The molecule has 0 saturated heterocycles. The third-order valence-electron chi connectivity index (χ3n) is 4.49. The Balaban J connectivity index is 1.72. The van der Waals surface area contributed by atoms with E-state index >= 15 is 0 Å². The van der Waals surface area contributed by atoms with Crippen molar-refractivity contribution in [3.8, 4) is 0 Å². The Labute approximate surface area is 155 Å². The van der Waals surface area contributed by atoms with Gasteiger partial charge < -0.3 is 15.3 Å². The van der Waals surface area contributed by atoms with Crippen LogP contribution in [0.25, 0.3) is 0 Å². The van der Waals surface area contributed by atoms with Gasteiger partial charge in [0.25, 0.3) is 0 Å². The first-order chi connectivity index (χ1) is 12.8. The second-order valence-electron chi connectivity index (χ2n) is 6.53. The first kappa shape index (κ1) is 18.6. The number of fused-ring (bicyclic) bond motifs is 1. The minimum atomic E-state index is -1.30. The Morgan fingerprint density at radius 1 is 1.19 bits per heavy atom. The maximum Gasteiger partial charge on any atom is 0.338 e. The fourth-order valence-electron chi connectivity index (χ4n) is 3.20. The maximum atomic E-state index is 13.9. The molecule has 2 aromatic rings. The van der Waals surface area contributed by atoms with Crippen LogP contribution < -0.4 is 5.32 Å². The number of aromatic carboxylic acids is 1. The number of carbonyl (C=O) groups is 3. The smallest absolute Gasteiger partial charge is 0.338 e. The van der Waals surface area contributed by atoms with Crippen LogP contribution in [0.1, 0.15) is 34.0 Å². The van der Waals surface area contributed by atoms with E-state index in [0.717, 1.165) is 11.1 Å². The molecule has 0 fully saturated rings. The molecule has 1 heterocycles. The molecule has 2 amide bonds. The average molecular weight is 370 g/mol. The van der Waals surface area contributed by atoms with Crippen molar-refractivity contribution in [2.24, 2.45) is 0 Å². The molecule has 0 aromatic heterocycles. The average Bonchev–Trinajstić information content (AvgIpc) is 2.60. The molecule has 27 heavy (non-hydrogen) atoms. The largest absolute Gasteiger partial charge is 0.478 e. The molecule has 1 aliphatic heterocycles. The Hall–Kier alpha value is -3.22. The molecular formula is C20H19FN2O4. The molecule has 0 bridgehead atoms. The molecule has 0 spiro atoms. The summed E-state index contributed by atoms with van der Waals surface area (Å²) in [5.74, 6) is -2.39. The van der Waals surface area contributed by atoms with E-state index in [9.17, 15) is 18.8 Å². The van der Waals surface area contributed by atoms with E-state index in [4.69, 9.17) is 5.11 Å². The third kappa shape index (κ3) is 4.31. The van der Waals surface area contributed by atoms with Crippen LogP contribution in [0.2, 0.25) is 0 Å². The molecule has 140 valence electrons. The Bertz CT molecular complexity index is 926. The predicted octanol–water partition coefficient (Wildman–Crippen LogP) is 2.61.